The maximum Gasteiger partial charge on any atom is 0.241 e. The van der Waals surface area contributed by atoms with Crippen LogP contribution in [0, 0.1) is 0 Å². The summed E-state index contributed by atoms with van der Waals surface area (Å²) in [6.45, 7) is 0. The number of aldehydes is 1. The molecule has 0 aliphatic carbocycles. The van der Waals surface area contributed by atoms with Crippen molar-refractivity contribution in [2.45, 2.75) is 4.90 Å². The largest absolute Gasteiger partial charge is 0.495 e. The van der Waals surface area contributed by atoms with E-state index in [1.165, 1.54) is 25.3 Å². The Morgan fingerprint density at radius 2 is 2.00 bits per heavy atom. The van der Waals surface area contributed by atoms with E-state index < -0.39 is 10.0 Å². The summed E-state index contributed by atoms with van der Waals surface area (Å²) in [5, 5.41) is 5.12. The molecule has 0 unspecified atom stereocenters. The van der Waals surface area contributed by atoms with E-state index in [0.717, 1.165) is 0 Å². The zero-order chi connectivity index (χ0) is 14.0. The number of methoxy groups -OCH3 is 1. The number of carbonyl (C=O) groups excluding carboxylic acids is 1. The number of ether oxygens (including phenoxy) is 1. The molecular weight excluding hydrogens is 270 g/mol. The molecule has 2 aromatic rings. The number of furan rings is 1. The van der Waals surface area contributed by atoms with Gasteiger partial charge in [0, 0.05) is 5.56 Å². The average molecular weight is 281 g/mol. The molecule has 0 bridgehead atoms. The van der Waals surface area contributed by atoms with Crippen molar-refractivity contribution in [2.75, 3.05) is 7.11 Å². The lowest BCUT2D eigenvalue weighted by molar-refractivity contribution is 0.110. The molecule has 0 saturated carbocycles. The number of primary sulfonamides is 1. The van der Waals surface area contributed by atoms with Crippen molar-refractivity contribution in [3.8, 4) is 17.1 Å². The predicted molar refractivity (Wildman–Crippen MR) is 67.5 cm³/mol. The Balaban J connectivity index is 2.57. The Kier molecular flexibility index (Phi) is 3.41. The summed E-state index contributed by atoms with van der Waals surface area (Å²) in [5.41, 5.74) is 0.484. The smallest absolute Gasteiger partial charge is 0.241 e. The molecule has 1 aromatic carbocycles. The molecule has 19 heavy (non-hydrogen) atoms. The first-order chi connectivity index (χ1) is 8.95. The standard InChI is InChI=1S/C12H11NO5S/c1-17-11-4-2-8(6-12(11)19(13,15)16)10-5-3-9(7-14)18-10/h2-7H,1H3,(H2,13,15,16). The summed E-state index contributed by atoms with van der Waals surface area (Å²) >= 11 is 0. The minimum absolute atomic E-state index is 0.142. The Labute approximate surface area is 109 Å². The average Bonchev–Trinajstić information content (AvgIpc) is 2.85. The van der Waals surface area contributed by atoms with Gasteiger partial charge >= 0.3 is 0 Å². The Hall–Kier alpha value is -2.12. The fraction of sp³-hybridized carbons (Fsp3) is 0.0833. The third kappa shape index (κ3) is 2.67. The highest BCUT2D eigenvalue weighted by atomic mass is 32.2. The van der Waals surface area contributed by atoms with Crippen LogP contribution in [-0.2, 0) is 10.0 Å². The minimum Gasteiger partial charge on any atom is -0.495 e. The van der Waals surface area contributed by atoms with E-state index in [1.807, 2.05) is 0 Å². The lowest BCUT2D eigenvalue weighted by Crippen LogP contribution is -2.13. The van der Waals surface area contributed by atoms with Crippen molar-refractivity contribution < 1.29 is 22.4 Å². The van der Waals surface area contributed by atoms with E-state index >= 15 is 0 Å². The number of rotatable bonds is 4. The lowest BCUT2D eigenvalue weighted by atomic mass is 10.2. The summed E-state index contributed by atoms with van der Waals surface area (Å²) in [4.78, 5) is 10.4. The molecule has 0 aliphatic rings. The minimum atomic E-state index is -3.91. The fourth-order valence-electron chi connectivity index (χ4n) is 1.62. The Morgan fingerprint density at radius 1 is 1.26 bits per heavy atom. The maximum atomic E-state index is 11.5. The van der Waals surface area contributed by atoms with Gasteiger partial charge in [0.1, 0.15) is 16.4 Å². The first-order valence-electron chi connectivity index (χ1n) is 5.22. The van der Waals surface area contributed by atoms with Gasteiger partial charge in [-0.05, 0) is 30.3 Å². The molecule has 0 amide bonds. The zero-order valence-electron chi connectivity index (χ0n) is 9.99. The second-order valence-electron chi connectivity index (χ2n) is 3.73. The molecule has 0 spiro atoms. The molecule has 1 aromatic heterocycles. The van der Waals surface area contributed by atoms with Gasteiger partial charge < -0.3 is 9.15 Å². The lowest BCUT2D eigenvalue weighted by Gasteiger charge is -2.07. The number of nitrogens with two attached hydrogens (primary N) is 1. The van der Waals surface area contributed by atoms with E-state index in [-0.39, 0.29) is 16.4 Å². The third-order valence-corrected chi connectivity index (χ3v) is 3.43. The van der Waals surface area contributed by atoms with E-state index in [4.69, 9.17) is 14.3 Å². The monoisotopic (exact) mass is 281 g/mol. The van der Waals surface area contributed by atoms with Gasteiger partial charge in [-0.1, -0.05) is 0 Å². The molecule has 6 nitrogen and oxygen atoms in total. The van der Waals surface area contributed by atoms with Crippen LogP contribution in [0.3, 0.4) is 0 Å². The molecule has 7 heteroatoms. The summed E-state index contributed by atoms with van der Waals surface area (Å²) in [6, 6.07) is 7.47. The van der Waals surface area contributed by atoms with Crippen molar-refractivity contribution in [3.63, 3.8) is 0 Å². The molecule has 0 atom stereocenters. The van der Waals surface area contributed by atoms with E-state index in [1.54, 1.807) is 12.1 Å². The number of benzene rings is 1. The Bertz CT molecular complexity index is 717. The summed E-state index contributed by atoms with van der Waals surface area (Å²) in [6.07, 6.45) is 0.563. The second kappa shape index (κ2) is 4.87. The van der Waals surface area contributed by atoms with Gasteiger partial charge in [0.2, 0.25) is 10.0 Å². The van der Waals surface area contributed by atoms with Crippen molar-refractivity contribution in [3.05, 3.63) is 36.1 Å². The van der Waals surface area contributed by atoms with E-state index in [2.05, 4.69) is 0 Å². The summed E-state index contributed by atoms with van der Waals surface area (Å²) in [5.74, 6) is 0.672. The van der Waals surface area contributed by atoms with Crippen LogP contribution in [0.15, 0.2) is 39.6 Å². The highest BCUT2D eigenvalue weighted by molar-refractivity contribution is 7.89. The molecule has 0 fully saturated rings. The number of hydrogen-bond donors (Lipinski definition) is 1. The van der Waals surface area contributed by atoms with Crippen LogP contribution in [-0.4, -0.2) is 21.8 Å². The molecular formula is C12H11NO5S. The van der Waals surface area contributed by atoms with Crippen molar-refractivity contribution in [1.82, 2.24) is 0 Å². The van der Waals surface area contributed by atoms with Crippen molar-refractivity contribution in [1.29, 1.82) is 0 Å². The highest BCUT2D eigenvalue weighted by Gasteiger charge is 2.17. The second-order valence-corrected chi connectivity index (χ2v) is 5.26. The molecule has 2 rings (SSSR count). The van der Waals surface area contributed by atoms with Gasteiger partial charge in [-0.15, -0.1) is 0 Å². The van der Waals surface area contributed by atoms with Crippen molar-refractivity contribution >= 4 is 16.3 Å². The molecule has 0 aliphatic heterocycles. The number of sulfonamides is 1. The van der Waals surface area contributed by atoms with Crippen LogP contribution in [0.4, 0.5) is 0 Å². The number of hydrogen-bond acceptors (Lipinski definition) is 5. The third-order valence-electron chi connectivity index (χ3n) is 2.50. The molecule has 100 valence electrons. The van der Waals surface area contributed by atoms with Gasteiger partial charge in [0.25, 0.3) is 0 Å². The normalized spacial score (nSPS) is 11.3. The van der Waals surface area contributed by atoms with Crippen LogP contribution in [0.2, 0.25) is 0 Å². The van der Waals surface area contributed by atoms with Gasteiger partial charge in [-0.2, -0.15) is 0 Å². The summed E-state index contributed by atoms with van der Waals surface area (Å²) in [7, 11) is -2.56. The van der Waals surface area contributed by atoms with E-state index in [9.17, 15) is 13.2 Å². The molecule has 0 radical (unpaired) electrons. The van der Waals surface area contributed by atoms with Crippen LogP contribution in [0.25, 0.3) is 11.3 Å². The van der Waals surface area contributed by atoms with Gasteiger partial charge in [-0.25, -0.2) is 13.6 Å². The molecule has 2 N–H and O–H groups in total. The quantitative estimate of drug-likeness (QED) is 0.854. The van der Waals surface area contributed by atoms with Crippen LogP contribution >= 0.6 is 0 Å². The maximum absolute atomic E-state index is 11.5. The van der Waals surface area contributed by atoms with Crippen LogP contribution in [0.5, 0.6) is 5.75 Å². The van der Waals surface area contributed by atoms with Gasteiger partial charge in [0.15, 0.2) is 12.0 Å². The highest BCUT2D eigenvalue weighted by Crippen LogP contribution is 2.29. The van der Waals surface area contributed by atoms with Gasteiger partial charge in [-0.3, -0.25) is 4.79 Å². The van der Waals surface area contributed by atoms with Gasteiger partial charge in [0.05, 0.1) is 7.11 Å². The molecule has 0 saturated heterocycles. The first kappa shape index (κ1) is 13.3. The zero-order valence-corrected chi connectivity index (χ0v) is 10.8. The summed E-state index contributed by atoms with van der Waals surface area (Å²) < 4.78 is 33.1. The fourth-order valence-corrected chi connectivity index (χ4v) is 2.35. The van der Waals surface area contributed by atoms with E-state index in [0.29, 0.717) is 17.6 Å². The SMILES string of the molecule is COc1ccc(-c2ccc(C=O)o2)cc1S(N)(=O)=O. The molecule has 1 heterocycles. The topological polar surface area (TPSA) is 99.6 Å². The first-order valence-corrected chi connectivity index (χ1v) is 6.76. The predicted octanol–water partition coefficient (Wildman–Crippen LogP) is 1.42. The Morgan fingerprint density at radius 3 is 2.53 bits per heavy atom. The number of carbonyl (C=O) groups is 1. The van der Waals surface area contributed by atoms with Crippen molar-refractivity contribution in [2.24, 2.45) is 5.14 Å². The van der Waals surface area contributed by atoms with Crippen LogP contribution in [0.1, 0.15) is 10.6 Å². The van der Waals surface area contributed by atoms with Crippen LogP contribution < -0.4 is 9.88 Å².